The molecule has 0 unspecified atom stereocenters. The number of carbonyl (C=O) groups excluding carboxylic acids is 2. The monoisotopic (exact) mass is 204 g/mol. The zero-order valence-electron chi connectivity index (χ0n) is 7.80. The second-order valence-electron chi connectivity index (χ2n) is 2.63. The molecule has 4 nitrogen and oxygen atoms in total. The fourth-order valence-electron chi connectivity index (χ4n) is 0.740. The molecule has 0 rings (SSSR count). The predicted molar refractivity (Wildman–Crippen MR) is 54.9 cm³/mol. The van der Waals surface area contributed by atoms with Crippen molar-refractivity contribution in [2.24, 2.45) is 0 Å². The van der Waals surface area contributed by atoms with Gasteiger partial charge in [0.2, 0.25) is 5.91 Å². The third-order valence-electron chi connectivity index (χ3n) is 1.41. The number of thiol groups is 1. The van der Waals surface area contributed by atoms with Gasteiger partial charge in [0.15, 0.2) is 0 Å². The lowest BCUT2D eigenvalue weighted by Gasteiger charge is -2.04. The van der Waals surface area contributed by atoms with Gasteiger partial charge in [-0.25, -0.2) is 4.79 Å². The minimum atomic E-state index is -0.435. The molecule has 76 valence electrons. The summed E-state index contributed by atoms with van der Waals surface area (Å²) in [7, 11) is 0. The van der Waals surface area contributed by atoms with E-state index in [1.807, 2.05) is 6.92 Å². The highest BCUT2D eigenvalue weighted by molar-refractivity contribution is 7.80. The summed E-state index contributed by atoms with van der Waals surface area (Å²) in [4.78, 5) is 21.9. The van der Waals surface area contributed by atoms with Gasteiger partial charge in [-0.3, -0.25) is 10.1 Å². The maximum Gasteiger partial charge on any atom is 0.321 e. The van der Waals surface area contributed by atoms with Gasteiger partial charge in [-0.05, 0) is 6.42 Å². The van der Waals surface area contributed by atoms with E-state index in [4.69, 9.17) is 0 Å². The standard InChI is InChI=1S/C8H16N2O2S/c1-2-3-4-7(11)10-8(12)9-5-6-13/h13H,2-6H2,1H3,(H2,9,10,11,12). The molecule has 0 aromatic rings. The molecule has 13 heavy (non-hydrogen) atoms. The van der Waals surface area contributed by atoms with E-state index in [2.05, 4.69) is 23.3 Å². The Labute approximate surface area is 83.9 Å². The number of hydrogen-bond acceptors (Lipinski definition) is 3. The molecule has 0 aliphatic rings. The molecular formula is C8H16N2O2S. The lowest BCUT2D eigenvalue weighted by molar-refractivity contribution is -0.120. The van der Waals surface area contributed by atoms with Gasteiger partial charge in [-0.2, -0.15) is 12.6 Å². The van der Waals surface area contributed by atoms with Crippen LogP contribution in [-0.4, -0.2) is 24.2 Å². The lowest BCUT2D eigenvalue weighted by atomic mass is 10.2. The fourth-order valence-corrected chi connectivity index (χ4v) is 0.852. The first kappa shape index (κ1) is 12.3. The Morgan fingerprint density at radius 1 is 1.38 bits per heavy atom. The Balaban J connectivity index is 3.47. The van der Waals surface area contributed by atoms with E-state index in [1.165, 1.54) is 0 Å². The smallest absolute Gasteiger partial charge is 0.321 e. The van der Waals surface area contributed by atoms with Crippen LogP contribution in [0, 0.1) is 0 Å². The lowest BCUT2D eigenvalue weighted by Crippen LogP contribution is -2.40. The number of amides is 3. The van der Waals surface area contributed by atoms with Crippen molar-refractivity contribution in [3.63, 3.8) is 0 Å². The molecule has 0 aliphatic heterocycles. The number of unbranched alkanes of at least 4 members (excludes halogenated alkanes) is 1. The van der Waals surface area contributed by atoms with Gasteiger partial charge in [-0.1, -0.05) is 13.3 Å². The van der Waals surface area contributed by atoms with Crippen LogP contribution in [-0.2, 0) is 4.79 Å². The molecule has 0 saturated carbocycles. The third kappa shape index (κ3) is 7.64. The average molecular weight is 204 g/mol. The van der Waals surface area contributed by atoms with Gasteiger partial charge in [0.1, 0.15) is 0 Å². The molecule has 0 aliphatic carbocycles. The Kier molecular flexibility index (Phi) is 7.48. The second-order valence-corrected chi connectivity index (χ2v) is 3.08. The van der Waals surface area contributed by atoms with Crippen LogP contribution < -0.4 is 10.6 Å². The van der Waals surface area contributed by atoms with Crippen LogP contribution in [0.4, 0.5) is 4.79 Å². The second kappa shape index (κ2) is 7.91. The molecule has 0 heterocycles. The number of nitrogens with one attached hydrogen (secondary N) is 2. The summed E-state index contributed by atoms with van der Waals surface area (Å²) in [6.07, 6.45) is 2.17. The molecule has 0 fully saturated rings. The molecule has 3 amide bonds. The zero-order chi connectivity index (χ0) is 10.1. The molecule has 0 radical (unpaired) electrons. The highest BCUT2D eigenvalue weighted by Crippen LogP contribution is 1.92. The van der Waals surface area contributed by atoms with E-state index in [9.17, 15) is 9.59 Å². The van der Waals surface area contributed by atoms with Crippen molar-refractivity contribution in [2.45, 2.75) is 26.2 Å². The minimum Gasteiger partial charge on any atom is -0.337 e. The van der Waals surface area contributed by atoms with Crippen molar-refractivity contribution >= 4 is 24.6 Å². The SMILES string of the molecule is CCCCC(=O)NC(=O)NCCS. The van der Waals surface area contributed by atoms with E-state index in [1.54, 1.807) is 0 Å². The Bertz CT molecular complexity index is 156. The summed E-state index contributed by atoms with van der Waals surface area (Å²) in [6, 6.07) is -0.435. The third-order valence-corrected chi connectivity index (χ3v) is 1.63. The molecule has 0 aromatic heterocycles. The summed E-state index contributed by atoms with van der Waals surface area (Å²) >= 11 is 3.91. The van der Waals surface area contributed by atoms with E-state index in [0.717, 1.165) is 12.8 Å². The van der Waals surface area contributed by atoms with Gasteiger partial charge in [-0.15, -0.1) is 0 Å². The number of hydrogen-bond donors (Lipinski definition) is 3. The Morgan fingerprint density at radius 3 is 2.62 bits per heavy atom. The number of urea groups is 1. The van der Waals surface area contributed by atoms with Gasteiger partial charge < -0.3 is 5.32 Å². The van der Waals surface area contributed by atoms with Crippen LogP contribution in [0.25, 0.3) is 0 Å². The molecular weight excluding hydrogens is 188 g/mol. The predicted octanol–water partition coefficient (Wildman–Crippen LogP) is 0.932. The number of imide groups is 1. The first-order valence-electron chi connectivity index (χ1n) is 4.39. The number of carbonyl (C=O) groups is 2. The van der Waals surface area contributed by atoms with Crippen LogP contribution in [0.15, 0.2) is 0 Å². The van der Waals surface area contributed by atoms with Crippen LogP contribution in [0.3, 0.4) is 0 Å². The van der Waals surface area contributed by atoms with Crippen molar-refractivity contribution in [2.75, 3.05) is 12.3 Å². The summed E-state index contributed by atoms with van der Waals surface area (Å²) in [5.74, 6) is 0.342. The van der Waals surface area contributed by atoms with Crippen LogP contribution in [0.2, 0.25) is 0 Å². The van der Waals surface area contributed by atoms with E-state index in [0.29, 0.717) is 18.7 Å². The molecule has 0 bridgehead atoms. The largest absolute Gasteiger partial charge is 0.337 e. The highest BCUT2D eigenvalue weighted by atomic mass is 32.1. The molecule has 2 N–H and O–H groups in total. The normalized spacial score (nSPS) is 9.38. The molecule has 0 saturated heterocycles. The van der Waals surface area contributed by atoms with E-state index in [-0.39, 0.29) is 5.91 Å². The average Bonchev–Trinajstić information content (AvgIpc) is 2.11. The van der Waals surface area contributed by atoms with Crippen LogP contribution in [0.5, 0.6) is 0 Å². The maximum atomic E-state index is 11.0. The van der Waals surface area contributed by atoms with Gasteiger partial charge in [0, 0.05) is 18.7 Å². The van der Waals surface area contributed by atoms with Gasteiger partial charge >= 0.3 is 6.03 Å². The quantitative estimate of drug-likeness (QED) is 0.584. The number of rotatable bonds is 5. The zero-order valence-corrected chi connectivity index (χ0v) is 8.69. The topological polar surface area (TPSA) is 58.2 Å². The summed E-state index contributed by atoms with van der Waals surface area (Å²) < 4.78 is 0. The van der Waals surface area contributed by atoms with Crippen molar-refractivity contribution in [1.29, 1.82) is 0 Å². The van der Waals surface area contributed by atoms with Crippen molar-refractivity contribution in [1.82, 2.24) is 10.6 Å². The molecule has 0 spiro atoms. The first-order chi connectivity index (χ1) is 6.20. The van der Waals surface area contributed by atoms with Crippen molar-refractivity contribution in [3.05, 3.63) is 0 Å². The summed E-state index contributed by atoms with van der Waals surface area (Å²) in [5, 5.41) is 4.72. The van der Waals surface area contributed by atoms with E-state index < -0.39 is 6.03 Å². The highest BCUT2D eigenvalue weighted by Gasteiger charge is 2.04. The van der Waals surface area contributed by atoms with Gasteiger partial charge in [0.05, 0.1) is 0 Å². The fraction of sp³-hybridized carbons (Fsp3) is 0.750. The molecule has 5 heteroatoms. The first-order valence-corrected chi connectivity index (χ1v) is 5.02. The Morgan fingerprint density at radius 2 is 2.08 bits per heavy atom. The van der Waals surface area contributed by atoms with Gasteiger partial charge in [0.25, 0.3) is 0 Å². The summed E-state index contributed by atoms with van der Waals surface area (Å²) in [6.45, 7) is 2.46. The summed E-state index contributed by atoms with van der Waals surface area (Å²) in [5.41, 5.74) is 0. The van der Waals surface area contributed by atoms with Crippen LogP contribution >= 0.6 is 12.6 Å². The molecule has 0 atom stereocenters. The maximum absolute atomic E-state index is 11.0. The van der Waals surface area contributed by atoms with Crippen LogP contribution in [0.1, 0.15) is 26.2 Å². The van der Waals surface area contributed by atoms with Crippen molar-refractivity contribution in [3.8, 4) is 0 Å². The van der Waals surface area contributed by atoms with E-state index >= 15 is 0 Å². The molecule has 0 aromatic carbocycles. The van der Waals surface area contributed by atoms with Crippen molar-refractivity contribution < 1.29 is 9.59 Å². The Hall–Kier alpha value is -0.710. The minimum absolute atomic E-state index is 0.224.